The highest BCUT2D eigenvalue weighted by Crippen LogP contribution is 2.18. The van der Waals surface area contributed by atoms with E-state index in [1.165, 1.54) is 6.21 Å². The molecule has 2 rings (SSSR count). The molecular formula is C21H24N4O4. The van der Waals surface area contributed by atoms with Gasteiger partial charge in [-0.2, -0.15) is 5.10 Å². The predicted molar refractivity (Wildman–Crippen MR) is 111 cm³/mol. The number of carbonyl (C=O) groups is 3. The number of likely N-dealkylation sites (N-methyl/N-ethyl adjacent to an activating group) is 1. The zero-order valence-electron chi connectivity index (χ0n) is 16.6. The van der Waals surface area contributed by atoms with E-state index in [-0.39, 0.29) is 12.5 Å². The number of benzene rings is 2. The number of ether oxygens (including phenoxy) is 1. The summed E-state index contributed by atoms with van der Waals surface area (Å²) in [7, 11) is 0. The van der Waals surface area contributed by atoms with Crippen molar-refractivity contribution in [1.82, 2.24) is 10.7 Å². The Morgan fingerprint density at radius 3 is 2.45 bits per heavy atom. The van der Waals surface area contributed by atoms with Crippen molar-refractivity contribution >= 4 is 29.6 Å². The van der Waals surface area contributed by atoms with E-state index in [1.54, 1.807) is 31.2 Å². The van der Waals surface area contributed by atoms with Gasteiger partial charge in [-0.15, -0.1) is 0 Å². The molecule has 0 saturated heterocycles. The first-order chi connectivity index (χ1) is 13.9. The predicted octanol–water partition coefficient (Wildman–Crippen LogP) is 1.91. The van der Waals surface area contributed by atoms with Crippen molar-refractivity contribution in [2.45, 2.75) is 20.8 Å². The van der Waals surface area contributed by atoms with Crippen LogP contribution in [0.5, 0.6) is 5.75 Å². The molecule has 2 aromatic carbocycles. The van der Waals surface area contributed by atoms with Crippen LogP contribution in [0.25, 0.3) is 0 Å². The average Bonchev–Trinajstić information content (AvgIpc) is 2.71. The Morgan fingerprint density at radius 1 is 1.03 bits per heavy atom. The number of hydrazone groups is 1. The smallest absolute Gasteiger partial charge is 0.329 e. The van der Waals surface area contributed by atoms with E-state index < -0.39 is 11.8 Å². The summed E-state index contributed by atoms with van der Waals surface area (Å²) in [5.74, 6) is -1.31. The van der Waals surface area contributed by atoms with Crippen LogP contribution >= 0.6 is 0 Å². The van der Waals surface area contributed by atoms with Crippen LogP contribution in [0, 0.1) is 13.8 Å². The van der Waals surface area contributed by atoms with Crippen LogP contribution in [0.1, 0.15) is 23.6 Å². The molecule has 0 spiro atoms. The van der Waals surface area contributed by atoms with Gasteiger partial charge in [0.2, 0.25) is 0 Å². The molecule has 8 nitrogen and oxygen atoms in total. The van der Waals surface area contributed by atoms with Crippen molar-refractivity contribution in [2.24, 2.45) is 5.10 Å². The van der Waals surface area contributed by atoms with Gasteiger partial charge < -0.3 is 15.4 Å². The molecule has 0 atom stereocenters. The lowest BCUT2D eigenvalue weighted by atomic mass is 10.1. The number of nitrogens with zero attached hydrogens (tertiary/aromatic N) is 1. The zero-order chi connectivity index (χ0) is 21.2. The third-order valence-corrected chi connectivity index (χ3v) is 4.05. The van der Waals surface area contributed by atoms with E-state index in [2.05, 4.69) is 21.2 Å². The van der Waals surface area contributed by atoms with E-state index in [4.69, 9.17) is 4.74 Å². The summed E-state index contributed by atoms with van der Waals surface area (Å²) in [5, 5.41) is 8.92. The number of carbonyl (C=O) groups excluding carboxylic acids is 3. The highest BCUT2D eigenvalue weighted by molar-refractivity contribution is 6.35. The maximum atomic E-state index is 12.1. The van der Waals surface area contributed by atoms with E-state index >= 15 is 0 Å². The van der Waals surface area contributed by atoms with Gasteiger partial charge in [-0.1, -0.05) is 12.1 Å². The number of anilines is 1. The molecule has 2 aromatic rings. The van der Waals surface area contributed by atoms with Crippen molar-refractivity contribution in [3.63, 3.8) is 0 Å². The van der Waals surface area contributed by atoms with Gasteiger partial charge in [-0.3, -0.25) is 14.4 Å². The molecule has 0 aliphatic carbocycles. The molecule has 3 N–H and O–H groups in total. The first-order valence-electron chi connectivity index (χ1n) is 9.11. The standard InChI is InChI=1S/C21H24N4O4/c1-4-22-20(27)21(28)25-23-12-16-8-10-17(11-9-16)29-13-19(26)24-18-7-5-6-14(2)15(18)3/h5-12H,4,13H2,1-3H3,(H,22,27)(H,24,26)(H,25,28)/b23-12-. The van der Waals surface area contributed by atoms with Crippen molar-refractivity contribution < 1.29 is 19.1 Å². The third-order valence-electron chi connectivity index (χ3n) is 4.05. The highest BCUT2D eigenvalue weighted by Gasteiger charge is 2.10. The second kappa shape index (κ2) is 10.6. The van der Waals surface area contributed by atoms with E-state index in [1.807, 2.05) is 32.0 Å². The lowest BCUT2D eigenvalue weighted by Gasteiger charge is -2.11. The number of hydrogen-bond donors (Lipinski definition) is 3. The Morgan fingerprint density at radius 2 is 1.76 bits per heavy atom. The largest absolute Gasteiger partial charge is 0.484 e. The second-order valence-corrected chi connectivity index (χ2v) is 6.21. The van der Waals surface area contributed by atoms with E-state index in [9.17, 15) is 14.4 Å². The van der Waals surface area contributed by atoms with Crippen molar-refractivity contribution in [3.05, 3.63) is 59.2 Å². The van der Waals surface area contributed by atoms with Crippen LogP contribution in [0.3, 0.4) is 0 Å². The van der Waals surface area contributed by atoms with Crippen molar-refractivity contribution in [2.75, 3.05) is 18.5 Å². The minimum absolute atomic E-state index is 0.122. The second-order valence-electron chi connectivity index (χ2n) is 6.21. The SMILES string of the molecule is CCNC(=O)C(=O)N/N=C\c1ccc(OCC(=O)Nc2cccc(C)c2C)cc1. The van der Waals surface area contributed by atoms with Gasteiger partial charge in [-0.05, 0) is 67.8 Å². The van der Waals surface area contributed by atoms with Gasteiger partial charge in [0.1, 0.15) is 5.75 Å². The summed E-state index contributed by atoms with van der Waals surface area (Å²) >= 11 is 0. The Hall–Kier alpha value is -3.68. The summed E-state index contributed by atoms with van der Waals surface area (Å²) in [6.07, 6.45) is 1.40. The van der Waals surface area contributed by atoms with Gasteiger partial charge in [0.05, 0.1) is 6.21 Å². The molecule has 0 radical (unpaired) electrons. The molecule has 0 bridgehead atoms. The summed E-state index contributed by atoms with van der Waals surface area (Å²) < 4.78 is 5.49. The molecule has 0 unspecified atom stereocenters. The Balaban J connectivity index is 1.82. The molecule has 0 aromatic heterocycles. The van der Waals surface area contributed by atoms with Crippen molar-refractivity contribution in [1.29, 1.82) is 0 Å². The van der Waals surface area contributed by atoms with Gasteiger partial charge >= 0.3 is 11.8 Å². The van der Waals surface area contributed by atoms with Gasteiger partial charge in [0.25, 0.3) is 5.91 Å². The van der Waals surface area contributed by atoms with Crippen LogP contribution in [0.15, 0.2) is 47.6 Å². The molecule has 0 saturated carbocycles. The normalized spacial score (nSPS) is 10.4. The number of aryl methyl sites for hydroxylation is 1. The Labute approximate surface area is 169 Å². The minimum atomic E-state index is -0.835. The molecule has 0 aliphatic rings. The molecule has 0 heterocycles. The van der Waals surface area contributed by atoms with E-state index in [0.717, 1.165) is 16.8 Å². The number of amides is 3. The van der Waals surface area contributed by atoms with Gasteiger partial charge in [0.15, 0.2) is 6.61 Å². The number of rotatable bonds is 7. The Bertz CT molecular complexity index is 907. The summed E-state index contributed by atoms with van der Waals surface area (Å²) in [4.78, 5) is 34.8. The van der Waals surface area contributed by atoms with Crippen molar-refractivity contribution in [3.8, 4) is 5.75 Å². The lowest BCUT2D eigenvalue weighted by molar-refractivity contribution is -0.139. The number of hydrogen-bond acceptors (Lipinski definition) is 5. The monoisotopic (exact) mass is 396 g/mol. The zero-order valence-corrected chi connectivity index (χ0v) is 16.6. The molecular weight excluding hydrogens is 372 g/mol. The highest BCUT2D eigenvalue weighted by atomic mass is 16.5. The van der Waals surface area contributed by atoms with Crippen LogP contribution in [0.2, 0.25) is 0 Å². The molecule has 3 amide bonds. The van der Waals surface area contributed by atoms with Crippen LogP contribution < -0.4 is 20.8 Å². The average molecular weight is 396 g/mol. The molecule has 29 heavy (non-hydrogen) atoms. The van der Waals surface area contributed by atoms with E-state index in [0.29, 0.717) is 17.9 Å². The first-order valence-corrected chi connectivity index (χ1v) is 9.11. The Kier molecular flexibility index (Phi) is 7.90. The van der Waals surface area contributed by atoms with Crippen LogP contribution in [0.4, 0.5) is 5.69 Å². The fourth-order valence-electron chi connectivity index (χ4n) is 2.33. The van der Waals surface area contributed by atoms with Crippen LogP contribution in [-0.4, -0.2) is 37.1 Å². The fourth-order valence-corrected chi connectivity index (χ4v) is 2.33. The van der Waals surface area contributed by atoms with Crippen LogP contribution in [-0.2, 0) is 14.4 Å². The lowest BCUT2D eigenvalue weighted by Crippen LogP contribution is -2.37. The summed E-state index contributed by atoms with van der Waals surface area (Å²) in [6, 6.07) is 12.5. The molecule has 0 aliphatic heterocycles. The first kappa shape index (κ1) is 21.6. The maximum absolute atomic E-state index is 12.1. The summed E-state index contributed by atoms with van der Waals surface area (Å²) in [6.45, 7) is 5.89. The quantitative estimate of drug-likeness (QED) is 0.377. The summed E-state index contributed by atoms with van der Waals surface area (Å²) in [5.41, 5.74) is 5.71. The van der Waals surface area contributed by atoms with Gasteiger partial charge in [0, 0.05) is 12.2 Å². The maximum Gasteiger partial charge on any atom is 0.329 e. The van der Waals surface area contributed by atoms with Gasteiger partial charge in [-0.25, -0.2) is 5.43 Å². The minimum Gasteiger partial charge on any atom is -0.484 e. The molecule has 8 heteroatoms. The molecule has 152 valence electrons. The topological polar surface area (TPSA) is 109 Å². The molecule has 0 fully saturated rings. The third kappa shape index (κ3) is 6.76. The fraction of sp³-hybridized carbons (Fsp3) is 0.238. The number of nitrogens with one attached hydrogen (secondary N) is 3.